The lowest BCUT2D eigenvalue weighted by molar-refractivity contribution is -0.137. The van der Waals surface area contributed by atoms with Crippen molar-refractivity contribution < 1.29 is 9.90 Å². The standard InChI is InChI=1S/C6H13NO2.C3H8/c1-7(2)5-3-4-6(8)9;1-3-2/h3-5H2,1-2H3,(H,8,9);3H2,1-2H3. The smallest absolute Gasteiger partial charge is 0.303 e. The second-order valence-electron chi connectivity index (χ2n) is 3.01. The molecule has 0 aliphatic carbocycles. The minimum absolute atomic E-state index is 0.276. The molecule has 0 aliphatic heterocycles. The van der Waals surface area contributed by atoms with Crippen LogP contribution in [0.3, 0.4) is 0 Å². The predicted molar refractivity (Wildman–Crippen MR) is 51.4 cm³/mol. The van der Waals surface area contributed by atoms with Crippen LogP contribution in [0, 0.1) is 0 Å². The summed E-state index contributed by atoms with van der Waals surface area (Å²) in [7, 11) is 3.86. The quantitative estimate of drug-likeness (QED) is 0.708. The molecule has 0 saturated heterocycles. The molecule has 0 aromatic carbocycles. The highest BCUT2D eigenvalue weighted by Gasteiger charge is 1.95. The van der Waals surface area contributed by atoms with Crippen molar-refractivity contribution in [3.05, 3.63) is 0 Å². The highest BCUT2D eigenvalue weighted by molar-refractivity contribution is 5.66. The Kier molecular flexibility index (Phi) is 12.2. The molecule has 0 rings (SSSR count). The molecule has 0 radical (unpaired) electrons. The first kappa shape index (κ1) is 14.0. The van der Waals surface area contributed by atoms with Crippen molar-refractivity contribution in [2.24, 2.45) is 0 Å². The van der Waals surface area contributed by atoms with Crippen molar-refractivity contribution in [1.29, 1.82) is 0 Å². The fourth-order valence-electron chi connectivity index (χ4n) is 0.547. The van der Waals surface area contributed by atoms with Crippen molar-refractivity contribution in [2.45, 2.75) is 33.1 Å². The lowest BCUT2D eigenvalue weighted by atomic mass is 10.3. The van der Waals surface area contributed by atoms with Crippen LogP contribution in [0.2, 0.25) is 0 Å². The Bertz CT molecular complexity index is 103. The highest BCUT2D eigenvalue weighted by atomic mass is 16.4. The Morgan fingerprint density at radius 2 is 1.75 bits per heavy atom. The van der Waals surface area contributed by atoms with Gasteiger partial charge in [-0.1, -0.05) is 20.3 Å². The van der Waals surface area contributed by atoms with E-state index in [1.54, 1.807) is 0 Å². The molecule has 0 aromatic rings. The van der Waals surface area contributed by atoms with Gasteiger partial charge in [0, 0.05) is 6.42 Å². The molecule has 0 fully saturated rings. The largest absolute Gasteiger partial charge is 0.481 e. The average molecular weight is 175 g/mol. The van der Waals surface area contributed by atoms with Crippen LogP contribution in [-0.2, 0) is 4.79 Å². The van der Waals surface area contributed by atoms with Crippen LogP contribution in [0.15, 0.2) is 0 Å². The number of carbonyl (C=O) groups is 1. The molecule has 0 saturated carbocycles. The van der Waals surface area contributed by atoms with E-state index in [4.69, 9.17) is 5.11 Å². The number of rotatable bonds is 4. The third kappa shape index (κ3) is 22.7. The molecule has 0 heterocycles. The Labute approximate surface area is 75.4 Å². The molecule has 0 spiro atoms. The molecule has 0 aliphatic rings. The van der Waals surface area contributed by atoms with Crippen molar-refractivity contribution in [3.8, 4) is 0 Å². The topological polar surface area (TPSA) is 40.5 Å². The van der Waals surface area contributed by atoms with Crippen LogP contribution in [0.5, 0.6) is 0 Å². The van der Waals surface area contributed by atoms with E-state index in [-0.39, 0.29) is 6.42 Å². The van der Waals surface area contributed by atoms with E-state index >= 15 is 0 Å². The van der Waals surface area contributed by atoms with Gasteiger partial charge in [0.2, 0.25) is 0 Å². The first-order valence-corrected chi connectivity index (χ1v) is 4.41. The van der Waals surface area contributed by atoms with Gasteiger partial charge >= 0.3 is 5.97 Å². The lowest BCUT2D eigenvalue weighted by Crippen LogP contribution is -2.13. The summed E-state index contributed by atoms with van der Waals surface area (Å²) in [6, 6.07) is 0. The van der Waals surface area contributed by atoms with Gasteiger partial charge in [0.1, 0.15) is 0 Å². The Hall–Kier alpha value is -0.570. The molecule has 0 aromatic heterocycles. The van der Waals surface area contributed by atoms with E-state index in [1.807, 2.05) is 19.0 Å². The number of hydrogen-bond acceptors (Lipinski definition) is 2. The van der Waals surface area contributed by atoms with E-state index < -0.39 is 5.97 Å². The summed E-state index contributed by atoms with van der Waals surface area (Å²) in [4.78, 5) is 11.9. The minimum atomic E-state index is -0.711. The van der Waals surface area contributed by atoms with Crippen LogP contribution in [0.1, 0.15) is 33.1 Å². The van der Waals surface area contributed by atoms with Crippen LogP contribution < -0.4 is 0 Å². The highest BCUT2D eigenvalue weighted by Crippen LogP contribution is 1.89. The first-order valence-electron chi connectivity index (χ1n) is 4.41. The molecule has 0 bridgehead atoms. The molecule has 0 amide bonds. The molecule has 1 N–H and O–H groups in total. The molecule has 0 atom stereocenters. The molecular weight excluding hydrogens is 154 g/mol. The Balaban J connectivity index is 0. The second kappa shape index (κ2) is 10.4. The zero-order valence-electron chi connectivity index (χ0n) is 8.63. The van der Waals surface area contributed by atoms with E-state index in [2.05, 4.69) is 13.8 Å². The summed E-state index contributed by atoms with van der Waals surface area (Å²) in [6.45, 7) is 5.10. The number of hydrogen-bond donors (Lipinski definition) is 1. The normalized spacial score (nSPS) is 9.08. The maximum atomic E-state index is 9.96. The van der Waals surface area contributed by atoms with Crippen LogP contribution in [0.25, 0.3) is 0 Å². The molecule has 0 unspecified atom stereocenters. The first-order chi connectivity index (χ1) is 5.54. The zero-order valence-corrected chi connectivity index (χ0v) is 8.63. The Morgan fingerprint density at radius 1 is 1.33 bits per heavy atom. The summed E-state index contributed by atoms with van der Waals surface area (Å²) < 4.78 is 0. The van der Waals surface area contributed by atoms with E-state index in [9.17, 15) is 4.79 Å². The lowest BCUT2D eigenvalue weighted by Gasteiger charge is -2.06. The predicted octanol–water partition coefficient (Wildman–Crippen LogP) is 1.83. The third-order valence-corrected chi connectivity index (χ3v) is 0.996. The van der Waals surface area contributed by atoms with Gasteiger partial charge in [0.15, 0.2) is 0 Å². The maximum absolute atomic E-state index is 9.96. The molecular formula is C9H21NO2. The maximum Gasteiger partial charge on any atom is 0.303 e. The van der Waals surface area contributed by atoms with Crippen molar-refractivity contribution in [3.63, 3.8) is 0 Å². The van der Waals surface area contributed by atoms with Gasteiger partial charge in [-0.25, -0.2) is 0 Å². The SMILES string of the molecule is CCC.CN(C)CCCC(=O)O. The number of carboxylic acids is 1. The third-order valence-electron chi connectivity index (χ3n) is 0.996. The molecule has 12 heavy (non-hydrogen) atoms. The van der Waals surface area contributed by atoms with Crippen LogP contribution in [0.4, 0.5) is 0 Å². The van der Waals surface area contributed by atoms with Crippen molar-refractivity contribution in [2.75, 3.05) is 20.6 Å². The monoisotopic (exact) mass is 175 g/mol. The fraction of sp³-hybridized carbons (Fsp3) is 0.889. The number of carboxylic acid groups (broad SMARTS) is 1. The van der Waals surface area contributed by atoms with Gasteiger partial charge in [-0.05, 0) is 27.1 Å². The molecule has 3 nitrogen and oxygen atoms in total. The van der Waals surface area contributed by atoms with Gasteiger partial charge < -0.3 is 10.0 Å². The summed E-state index contributed by atoms with van der Waals surface area (Å²) >= 11 is 0. The summed E-state index contributed by atoms with van der Waals surface area (Å²) in [6.07, 6.45) is 2.26. The zero-order chi connectivity index (χ0) is 9.98. The minimum Gasteiger partial charge on any atom is -0.481 e. The fourth-order valence-corrected chi connectivity index (χ4v) is 0.547. The average Bonchev–Trinajstić information content (AvgIpc) is 1.87. The summed E-state index contributed by atoms with van der Waals surface area (Å²) in [5, 5.41) is 8.21. The van der Waals surface area contributed by atoms with E-state index in [0.717, 1.165) is 13.0 Å². The van der Waals surface area contributed by atoms with Gasteiger partial charge in [-0.3, -0.25) is 4.79 Å². The van der Waals surface area contributed by atoms with Gasteiger partial charge in [0.25, 0.3) is 0 Å². The number of nitrogens with zero attached hydrogens (tertiary/aromatic N) is 1. The van der Waals surface area contributed by atoms with Crippen molar-refractivity contribution >= 4 is 5.97 Å². The summed E-state index contributed by atoms with van der Waals surface area (Å²) in [5.41, 5.74) is 0. The number of aliphatic carboxylic acids is 1. The van der Waals surface area contributed by atoms with Crippen LogP contribution in [-0.4, -0.2) is 36.6 Å². The van der Waals surface area contributed by atoms with Gasteiger partial charge in [0.05, 0.1) is 0 Å². The van der Waals surface area contributed by atoms with Gasteiger partial charge in [-0.15, -0.1) is 0 Å². The second-order valence-corrected chi connectivity index (χ2v) is 3.01. The van der Waals surface area contributed by atoms with Crippen LogP contribution >= 0.6 is 0 Å². The summed E-state index contributed by atoms with van der Waals surface area (Å²) in [5.74, 6) is -0.711. The Morgan fingerprint density at radius 3 is 2.00 bits per heavy atom. The molecule has 74 valence electrons. The molecule has 3 heteroatoms. The van der Waals surface area contributed by atoms with Gasteiger partial charge in [-0.2, -0.15) is 0 Å². The van der Waals surface area contributed by atoms with E-state index in [0.29, 0.717) is 0 Å². The van der Waals surface area contributed by atoms with E-state index in [1.165, 1.54) is 6.42 Å². The van der Waals surface area contributed by atoms with Crippen molar-refractivity contribution in [1.82, 2.24) is 4.90 Å².